The molecule has 1 saturated heterocycles. The number of amides is 1. The molecule has 19 heavy (non-hydrogen) atoms. The molecule has 0 aromatic carbocycles. The van der Waals surface area contributed by atoms with Crippen molar-refractivity contribution in [1.29, 1.82) is 0 Å². The Bertz CT molecular complexity index is 283. The van der Waals surface area contributed by atoms with Crippen LogP contribution in [0.2, 0.25) is 0 Å². The molecule has 0 radical (unpaired) electrons. The average molecular weight is 291 g/mol. The van der Waals surface area contributed by atoms with E-state index in [0.717, 1.165) is 51.9 Å². The van der Waals surface area contributed by atoms with E-state index in [4.69, 9.17) is 4.74 Å². The molecule has 0 spiro atoms. The SMILES string of the molecule is CCCN(C(=O)C1CC1OCC)C1CCNCC1.Cl. The summed E-state index contributed by atoms with van der Waals surface area (Å²) in [7, 11) is 0. The van der Waals surface area contributed by atoms with E-state index in [9.17, 15) is 4.79 Å². The van der Waals surface area contributed by atoms with Gasteiger partial charge in [0.15, 0.2) is 0 Å². The lowest BCUT2D eigenvalue weighted by Crippen LogP contribution is -2.47. The van der Waals surface area contributed by atoms with Crippen LogP contribution in [0.1, 0.15) is 39.5 Å². The lowest BCUT2D eigenvalue weighted by Gasteiger charge is -2.34. The molecular formula is C14H27ClN2O2. The summed E-state index contributed by atoms with van der Waals surface area (Å²) in [4.78, 5) is 14.6. The van der Waals surface area contributed by atoms with Crippen LogP contribution >= 0.6 is 12.4 Å². The van der Waals surface area contributed by atoms with Crippen LogP contribution in [0.15, 0.2) is 0 Å². The van der Waals surface area contributed by atoms with Crippen LogP contribution in [0.25, 0.3) is 0 Å². The van der Waals surface area contributed by atoms with Crippen molar-refractivity contribution in [3.05, 3.63) is 0 Å². The standard InChI is InChI=1S/C14H26N2O2.ClH/c1-3-9-16(11-5-7-15-8-6-11)14(17)12-10-13(12)18-4-2;/h11-13,15H,3-10H2,1-2H3;1H. The van der Waals surface area contributed by atoms with Gasteiger partial charge in [0.05, 0.1) is 12.0 Å². The van der Waals surface area contributed by atoms with Gasteiger partial charge < -0.3 is 15.0 Å². The number of nitrogens with zero attached hydrogens (tertiary/aromatic N) is 1. The zero-order valence-corrected chi connectivity index (χ0v) is 12.9. The number of carbonyl (C=O) groups excluding carboxylic acids is 1. The van der Waals surface area contributed by atoms with Gasteiger partial charge in [-0.1, -0.05) is 6.92 Å². The van der Waals surface area contributed by atoms with Crippen molar-refractivity contribution in [1.82, 2.24) is 10.2 Å². The molecule has 1 aliphatic heterocycles. The smallest absolute Gasteiger partial charge is 0.228 e. The fourth-order valence-electron chi connectivity index (χ4n) is 2.87. The monoisotopic (exact) mass is 290 g/mol. The first-order valence-electron chi connectivity index (χ1n) is 7.40. The van der Waals surface area contributed by atoms with E-state index < -0.39 is 0 Å². The van der Waals surface area contributed by atoms with Crippen molar-refractivity contribution in [3.63, 3.8) is 0 Å². The second-order valence-corrected chi connectivity index (χ2v) is 5.35. The largest absolute Gasteiger partial charge is 0.378 e. The molecule has 1 saturated carbocycles. The summed E-state index contributed by atoms with van der Waals surface area (Å²) in [5, 5.41) is 3.36. The van der Waals surface area contributed by atoms with Gasteiger partial charge in [0.25, 0.3) is 0 Å². The van der Waals surface area contributed by atoms with E-state index in [1.165, 1.54) is 0 Å². The number of nitrogens with one attached hydrogen (secondary N) is 1. The Hall–Kier alpha value is -0.320. The fourth-order valence-corrected chi connectivity index (χ4v) is 2.87. The number of hydrogen-bond acceptors (Lipinski definition) is 3. The van der Waals surface area contributed by atoms with Gasteiger partial charge in [-0.2, -0.15) is 0 Å². The molecular weight excluding hydrogens is 264 g/mol. The van der Waals surface area contributed by atoms with Gasteiger partial charge in [-0.05, 0) is 45.7 Å². The highest BCUT2D eigenvalue weighted by Crippen LogP contribution is 2.36. The molecule has 2 aliphatic rings. The Labute approximate surface area is 122 Å². The third kappa shape index (κ3) is 4.33. The van der Waals surface area contributed by atoms with Crippen LogP contribution in [0.4, 0.5) is 0 Å². The number of rotatable bonds is 6. The van der Waals surface area contributed by atoms with E-state index in [0.29, 0.717) is 11.9 Å². The maximum atomic E-state index is 12.5. The highest BCUT2D eigenvalue weighted by Gasteiger charge is 2.46. The summed E-state index contributed by atoms with van der Waals surface area (Å²) in [6.07, 6.45) is 4.36. The minimum atomic E-state index is 0. The molecule has 1 amide bonds. The molecule has 4 nitrogen and oxygen atoms in total. The molecule has 2 atom stereocenters. The Morgan fingerprint density at radius 3 is 2.58 bits per heavy atom. The van der Waals surface area contributed by atoms with Gasteiger partial charge >= 0.3 is 0 Å². The van der Waals surface area contributed by atoms with Crippen molar-refractivity contribution < 1.29 is 9.53 Å². The first-order chi connectivity index (χ1) is 8.77. The Morgan fingerprint density at radius 2 is 2.00 bits per heavy atom. The normalized spacial score (nSPS) is 26.6. The lowest BCUT2D eigenvalue weighted by molar-refractivity contribution is -0.136. The van der Waals surface area contributed by atoms with Crippen LogP contribution in [0, 0.1) is 5.92 Å². The summed E-state index contributed by atoms with van der Waals surface area (Å²) >= 11 is 0. The number of ether oxygens (including phenoxy) is 1. The van der Waals surface area contributed by atoms with Gasteiger partial charge in [0.1, 0.15) is 0 Å². The minimum absolute atomic E-state index is 0. The van der Waals surface area contributed by atoms with Crippen molar-refractivity contribution in [3.8, 4) is 0 Å². The highest BCUT2D eigenvalue weighted by atomic mass is 35.5. The molecule has 5 heteroatoms. The van der Waals surface area contributed by atoms with Crippen LogP contribution in [0.3, 0.4) is 0 Å². The van der Waals surface area contributed by atoms with E-state index in [2.05, 4.69) is 17.1 Å². The summed E-state index contributed by atoms with van der Waals surface area (Å²) in [6.45, 7) is 7.84. The molecule has 0 aromatic heterocycles. The molecule has 112 valence electrons. The Kier molecular flexibility index (Phi) is 7.11. The molecule has 0 aromatic rings. The summed E-state index contributed by atoms with van der Waals surface area (Å²) in [5.74, 6) is 0.480. The van der Waals surface area contributed by atoms with Gasteiger partial charge in [-0.3, -0.25) is 4.79 Å². The second-order valence-electron chi connectivity index (χ2n) is 5.35. The number of hydrogen-bond donors (Lipinski definition) is 1. The van der Waals surface area contributed by atoms with E-state index in [-0.39, 0.29) is 24.4 Å². The van der Waals surface area contributed by atoms with Gasteiger partial charge in [-0.25, -0.2) is 0 Å². The lowest BCUT2D eigenvalue weighted by atomic mass is 10.0. The molecule has 2 unspecified atom stereocenters. The fraction of sp³-hybridized carbons (Fsp3) is 0.929. The second kappa shape index (κ2) is 8.08. The first-order valence-corrected chi connectivity index (χ1v) is 7.40. The number of carbonyl (C=O) groups is 1. The molecule has 2 fully saturated rings. The van der Waals surface area contributed by atoms with Crippen LogP contribution in [-0.4, -0.2) is 49.2 Å². The van der Waals surface area contributed by atoms with Crippen molar-refractivity contribution in [2.45, 2.75) is 51.7 Å². The quantitative estimate of drug-likeness (QED) is 0.811. The Balaban J connectivity index is 0.00000180. The molecule has 1 aliphatic carbocycles. The third-order valence-electron chi connectivity index (χ3n) is 3.93. The van der Waals surface area contributed by atoms with Gasteiger partial charge in [0.2, 0.25) is 5.91 Å². The van der Waals surface area contributed by atoms with Gasteiger partial charge in [-0.15, -0.1) is 12.4 Å². The predicted octanol–water partition coefficient (Wildman–Crippen LogP) is 1.82. The zero-order valence-electron chi connectivity index (χ0n) is 12.1. The maximum Gasteiger partial charge on any atom is 0.228 e. The van der Waals surface area contributed by atoms with E-state index >= 15 is 0 Å². The zero-order chi connectivity index (χ0) is 13.0. The van der Waals surface area contributed by atoms with E-state index in [1.54, 1.807) is 0 Å². The number of piperidine rings is 1. The molecule has 0 bridgehead atoms. The Morgan fingerprint density at radius 1 is 1.32 bits per heavy atom. The maximum absolute atomic E-state index is 12.5. The van der Waals surface area contributed by atoms with Crippen LogP contribution in [0.5, 0.6) is 0 Å². The van der Waals surface area contributed by atoms with E-state index in [1.807, 2.05) is 6.92 Å². The van der Waals surface area contributed by atoms with Crippen molar-refractivity contribution in [2.24, 2.45) is 5.92 Å². The van der Waals surface area contributed by atoms with Crippen molar-refractivity contribution >= 4 is 18.3 Å². The molecule has 2 rings (SSSR count). The van der Waals surface area contributed by atoms with Gasteiger partial charge in [0, 0.05) is 19.2 Å². The highest BCUT2D eigenvalue weighted by molar-refractivity contribution is 5.85. The minimum Gasteiger partial charge on any atom is -0.378 e. The topological polar surface area (TPSA) is 41.6 Å². The first kappa shape index (κ1) is 16.7. The summed E-state index contributed by atoms with van der Waals surface area (Å²) < 4.78 is 5.54. The predicted molar refractivity (Wildman–Crippen MR) is 78.7 cm³/mol. The molecule has 1 heterocycles. The van der Waals surface area contributed by atoms with Crippen LogP contribution < -0.4 is 5.32 Å². The summed E-state index contributed by atoms with van der Waals surface area (Å²) in [6, 6.07) is 0.446. The number of halogens is 1. The van der Waals surface area contributed by atoms with Crippen molar-refractivity contribution in [2.75, 3.05) is 26.2 Å². The molecule has 1 N–H and O–H groups in total. The van der Waals surface area contributed by atoms with Crippen LogP contribution in [-0.2, 0) is 9.53 Å². The summed E-state index contributed by atoms with van der Waals surface area (Å²) in [5.41, 5.74) is 0. The third-order valence-corrected chi connectivity index (χ3v) is 3.93. The average Bonchev–Trinajstić information content (AvgIpc) is 3.16.